The van der Waals surface area contributed by atoms with E-state index in [4.69, 9.17) is 16.3 Å². The molecule has 0 saturated heterocycles. The van der Waals surface area contributed by atoms with Crippen LogP contribution in [-0.4, -0.2) is 50.3 Å². The van der Waals surface area contributed by atoms with E-state index in [9.17, 15) is 18.0 Å². The van der Waals surface area contributed by atoms with Gasteiger partial charge in [0.1, 0.15) is 11.4 Å². The standard InChI is InChI=1S/C25H23ClF3N7O2S/c1-2-7-32-23(37)36-24-33-14-21(39-24)19-12-18(34-22(35-19)20-13-30-8-9-31-20)16-11-15(4-5-17(16)26)38-10-3-6-25(27,28)29/h4-5,8-9,11-14H,2-3,6-7,10H2,1H3,(H2,32,33,36,37). The van der Waals surface area contributed by atoms with Crippen LogP contribution in [0.3, 0.4) is 0 Å². The van der Waals surface area contributed by atoms with Crippen LogP contribution in [0.4, 0.5) is 23.1 Å². The number of nitrogens with one attached hydrogen (secondary N) is 2. The van der Waals surface area contributed by atoms with Gasteiger partial charge in [0.2, 0.25) is 0 Å². The second-order valence-electron chi connectivity index (χ2n) is 8.17. The number of thiazole rings is 1. The molecule has 4 aromatic rings. The Morgan fingerprint density at radius 1 is 1.08 bits per heavy atom. The maximum absolute atomic E-state index is 12.5. The van der Waals surface area contributed by atoms with Gasteiger partial charge in [-0.15, -0.1) is 0 Å². The molecule has 14 heteroatoms. The van der Waals surface area contributed by atoms with E-state index in [0.29, 0.717) is 50.0 Å². The number of carbonyl (C=O) groups excluding carboxylic acids is 1. The van der Waals surface area contributed by atoms with Crippen LogP contribution in [0.5, 0.6) is 5.75 Å². The number of aromatic nitrogens is 5. The third-order valence-corrected chi connectivity index (χ3v) is 6.38. The third kappa shape index (κ3) is 8.07. The number of hydrogen-bond acceptors (Lipinski definition) is 8. The third-order valence-electron chi connectivity index (χ3n) is 5.12. The maximum Gasteiger partial charge on any atom is 0.389 e. The number of halogens is 4. The van der Waals surface area contributed by atoms with Crippen molar-refractivity contribution in [1.82, 2.24) is 30.2 Å². The zero-order valence-electron chi connectivity index (χ0n) is 20.6. The predicted octanol–water partition coefficient (Wildman–Crippen LogP) is 6.63. The Hall–Kier alpha value is -3.84. The van der Waals surface area contributed by atoms with E-state index in [2.05, 4.69) is 35.6 Å². The number of nitrogens with zero attached hydrogens (tertiary/aromatic N) is 5. The van der Waals surface area contributed by atoms with Gasteiger partial charge in [0, 0.05) is 37.1 Å². The topological polar surface area (TPSA) is 115 Å². The summed E-state index contributed by atoms with van der Waals surface area (Å²) in [6.45, 7) is 2.38. The summed E-state index contributed by atoms with van der Waals surface area (Å²) >= 11 is 7.71. The minimum atomic E-state index is -4.24. The van der Waals surface area contributed by atoms with Crippen LogP contribution < -0.4 is 15.4 Å². The molecule has 0 aliphatic carbocycles. The molecule has 4 rings (SSSR count). The van der Waals surface area contributed by atoms with Gasteiger partial charge >= 0.3 is 12.2 Å². The molecule has 3 aromatic heterocycles. The largest absolute Gasteiger partial charge is 0.494 e. The second kappa shape index (κ2) is 12.8. The normalized spacial score (nSPS) is 11.3. The van der Waals surface area contributed by atoms with Crippen LogP contribution in [0, 0.1) is 0 Å². The van der Waals surface area contributed by atoms with Crippen LogP contribution in [-0.2, 0) is 0 Å². The maximum atomic E-state index is 12.5. The summed E-state index contributed by atoms with van der Waals surface area (Å²) in [7, 11) is 0. The Bertz CT molecular complexity index is 1420. The highest BCUT2D eigenvalue weighted by Gasteiger charge is 2.26. The minimum Gasteiger partial charge on any atom is -0.494 e. The Labute approximate surface area is 230 Å². The summed E-state index contributed by atoms with van der Waals surface area (Å²) in [6, 6.07) is 6.11. The summed E-state index contributed by atoms with van der Waals surface area (Å²) in [5.74, 6) is 0.618. The summed E-state index contributed by atoms with van der Waals surface area (Å²) in [5, 5.41) is 6.15. The minimum absolute atomic E-state index is 0.108. The van der Waals surface area contributed by atoms with Gasteiger partial charge in [-0.3, -0.25) is 10.3 Å². The van der Waals surface area contributed by atoms with E-state index in [1.165, 1.54) is 29.9 Å². The fourth-order valence-corrected chi connectivity index (χ4v) is 4.31. The number of ether oxygens (including phenoxy) is 1. The molecule has 9 nitrogen and oxygen atoms in total. The molecule has 0 aliphatic heterocycles. The summed E-state index contributed by atoms with van der Waals surface area (Å²) in [5.41, 5.74) is 1.82. The Balaban J connectivity index is 1.66. The molecule has 2 N–H and O–H groups in total. The SMILES string of the molecule is CCCNC(=O)Nc1ncc(-c2cc(-c3cc(OCCCC(F)(F)F)ccc3Cl)nc(-c3cnccn3)n2)s1. The van der Waals surface area contributed by atoms with Crippen molar-refractivity contribution in [3.05, 3.63) is 54.1 Å². The number of hydrogen-bond donors (Lipinski definition) is 2. The van der Waals surface area contributed by atoms with E-state index in [0.717, 1.165) is 6.42 Å². The molecule has 1 aromatic carbocycles. The molecular weight excluding hydrogens is 555 g/mol. The number of anilines is 1. The van der Waals surface area contributed by atoms with E-state index >= 15 is 0 Å². The van der Waals surface area contributed by atoms with Gasteiger partial charge in [-0.25, -0.2) is 24.7 Å². The molecule has 0 fully saturated rings. The van der Waals surface area contributed by atoms with Crippen LogP contribution in [0.15, 0.2) is 49.1 Å². The molecular formula is C25H23ClF3N7O2S. The second-order valence-corrected chi connectivity index (χ2v) is 9.61. The zero-order chi connectivity index (χ0) is 27.8. The van der Waals surface area contributed by atoms with Crippen molar-refractivity contribution in [3.8, 4) is 39.1 Å². The van der Waals surface area contributed by atoms with Gasteiger partial charge in [-0.1, -0.05) is 29.9 Å². The Kier molecular flexibility index (Phi) is 9.25. The van der Waals surface area contributed by atoms with Crippen LogP contribution in [0.2, 0.25) is 5.02 Å². The average molecular weight is 578 g/mol. The number of urea groups is 1. The smallest absolute Gasteiger partial charge is 0.389 e. The number of amides is 2. The van der Waals surface area contributed by atoms with Gasteiger partial charge in [0.25, 0.3) is 0 Å². The first-order valence-corrected chi connectivity index (χ1v) is 13.1. The monoisotopic (exact) mass is 577 g/mol. The number of alkyl halides is 3. The van der Waals surface area contributed by atoms with Crippen molar-refractivity contribution in [2.24, 2.45) is 0 Å². The lowest BCUT2D eigenvalue weighted by Crippen LogP contribution is -2.29. The van der Waals surface area contributed by atoms with Gasteiger partial charge in [0.05, 0.1) is 34.1 Å². The van der Waals surface area contributed by atoms with E-state index in [-0.39, 0.29) is 24.9 Å². The van der Waals surface area contributed by atoms with E-state index in [1.807, 2.05) is 6.92 Å². The molecule has 39 heavy (non-hydrogen) atoms. The molecule has 0 aliphatic rings. The highest BCUT2D eigenvalue weighted by Crippen LogP contribution is 2.35. The molecule has 3 heterocycles. The highest BCUT2D eigenvalue weighted by atomic mass is 35.5. The molecule has 204 valence electrons. The van der Waals surface area contributed by atoms with E-state index in [1.54, 1.807) is 30.5 Å². The fraction of sp³-hybridized carbons (Fsp3) is 0.280. The van der Waals surface area contributed by atoms with E-state index < -0.39 is 12.6 Å². The Morgan fingerprint density at radius 3 is 2.64 bits per heavy atom. The van der Waals surface area contributed by atoms with Crippen molar-refractivity contribution in [2.45, 2.75) is 32.4 Å². The first kappa shape index (κ1) is 28.2. The number of carbonyl (C=O) groups is 1. The summed E-state index contributed by atoms with van der Waals surface area (Å²) in [4.78, 5) is 34.6. The average Bonchev–Trinajstić information content (AvgIpc) is 3.39. The predicted molar refractivity (Wildman–Crippen MR) is 143 cm³/mol. The Morgan fingerprint density at radius 2 is 1.90 bits per heavy atom. The van der Waals surface area contributed by atoms with Gasteiger partial charge in [0.15, 0.2) is 11.0 Å². The molecule has 0 spiro atoms. The van der Waals surface area contributed by atoms with Crippen molar-refractivity contribution < 1.29 is 22.7 Å². The lowest BCUT2D eigenvalue weighted by molar-refractivity contribution is -0.136. The molecule has 0 atom stereocenters. The van der Waals surface area contributed by atoms with Crippen LogP contribution in [0.1, 0.15) is 26.2 Å². The molecule has 0 radical (unpaired) electrons. The number of rotatable bonds is 10. The summed E-state index contributed by atoms with van der Waals surface area (Å²) < 4.78 is 42.9. The molecule has 0 unspecified atom stereocenters. The van der Waals surface area contributed by atoms with Crippen molar-refractivity contribution in [2.75, 3.05) is 18.5 Å². The van der Waals surface area contributed by atoms with Crippen LogP contribution >= 0.6 is 22.9 Å². The lowest BCUT2D eigenvalue weighted by Gasteiger charge is -2.12. The van der Waals surface area contributed by atoms with Crippen molar-refractivity contribution >= 4 is 34.1 Å². The van der Waals surface area contributed by atoms with Gasteiger partial charge < -0.3 is 10.1 Å². The highest BCUT2D eigenvalue weighted by molar-refractivity contribution is 7.19. The quantitative estimate of drug-likeness (QED) is 0.203. The van der Waals surface area contributed by atoms with Gasteiger partial charge in [-0.05, 0) is 37.1 Å². The summed E-state index contributed by atoms with van der Waals surface area (Å²) in [6.07, 6.45) is 1.58. The first-order valence-electron chi connectivity index (χ1n) is 11.9. The van der Waals surface area contributed by atoms with Crippen LogP contribution in [0.25, 0.3) is 33.3 Å². The first-order chi connectivity index (χ1) is 18.7. The fourth-order valence-electron chi connectivity index (χ4n) is 3.32. The lowest BCUT2D eigenvalue weighted by atomic mass is 10.1. The van der Waals surface area contributed by atoms with Crippen molar-refractivity contribution in [3.63, 3.8) is 0 Å². The molecule has 0 bridgehead atoms. The number of benzene rings is 1. The zero-order valence-corrected chi connectivity index (χ0v) is 22.2. The van der Waals surface area contributed by atoms with Gasteiger partial charge in [-0.2, -0.15) is 13.2 Å². The molecule has 2 amide bonds. The molecule has 0 saturated carbocycles. The van der Waals surface area contributed by atoms with Crippen molar-refractivity contribution in [1.29, 1.82) is 0 Å².